The van der Waals surface area contributed by atoms with Crippen LogP contribution in [0, 0.1) is 11.8 Å². The Morgan fingerprint density at radius 2 is 1.80 bits per heavy atom. The van der Waals surface area contributed by atoms with Crippen LogP contribution >= 0.6 is 0 Å². The number of nitrogens with zero attached hydrogens (tertiary/aromatic N) is 1. The Bertz CT molecular complexity index is 760. The summed E-state index contributed by atoms with van der Waals surface area (Å²) in [5.41, 5.74) is 0.342. The number of morpholine rings is 1. The first kappa shape index (κ1) is 29.1. The van der Waals surface area contributed by atoms with Crippen LogP contribution in [0.5, 0.6) is 0 Å². The lowest BCUT2D eigenvalue weighted by atomic mass is 9.86. The van der Waals surface area contributed by atoms with Gasteiger partial charge in [-0.25, -0.2) is 4.79 Å². The van der Waals surface area contributed by atoms with Gasteiger partial charge in [0.1, 0.15) is 5.60 Å². The predicted molar refractivity (Wildman–Crippen MR) is 137 cm³/mol. The van der Waals surface area contributed by atoms with Gasteiger partial charge in [-0.15, -0.1) is 0 Å². The van der Waals surface area contributed by atoms with Crippen LogP contribution in [0.4, 0.5) is 4.79 Å². The van der Waals surface area contributed by atoms with Gasteiger partial charge in [-0.1, -0.05) is 44.2 Å². The number of ether oxygens (including phenoxy) is 2. The molecule has 8 heteroatoms. The topological polar surface area (TPSA) is 100 Å². The quantitative estimate of drug-likeness (QED) is 0.389. The van der Waals surface area contributed by atoms with Crippen molar-refractivity contribution in [3.8, 4) is 0 Å². The largest absolute Gasteiger partial charge is 0.444 e. The third-order valence-corrected chi connectivity index (χ3v) is 6.16. The number of hydrogen-bond donors (Lipinski definition) is 3. The molecule has 1 fully saturated rings. The van der Waals surface area contributed by atoms with E-state index in [1.165, 1.54) is 0 Å². The lowest BCUT2D eigenvalue weighted by Crippen LogP contribution is -2.48. The number of aliphatic hydroxyl groups excluding tert-OH is 1. The van der Waals surface area contributed by atoms with Crippen LogP contribution in [0.1, 0.15) is 53.0 Å². The van der Waals surface area contributed by atoms with Crippen molar-refractivity contribution in [3.63, 3.8) is 0 Å². The van der Waals surface area contributed by atoms with E-state index < -0.39 is 23.8 Å². The van der Waals surface area contributed by atoms with E-state index in [-0.39, 0.29) is 24.2 Å². The van der Waals surface area contributed by atoms with E-state index in [2.05, 4.69) is 15.5 Å². The standard InChI is InChI=1S/C27H45N3O5/c1-20(2)22(25(32)28-12-9-13-30-14-16-34-17-15-30)19-24(31)23(18-21-10-7-6-8-11-21)29-26(33)35-27(3,4)5/h6-8,10-11,20,22-24,31H,9,12-19H2,1-5H3,(H,28,32)(H,29,33)/t22-,23-,24-/m0/s1. The Morgan fingerprint density at radius 1 is 1.14 bits per heavy atom. The number of amides is 2. The monoisotopic (exact) mass is 491 g/mol. The molecule has 0 saturated carbocycles. The summed E-state index contributed by atoms with van der Waals surface area (Å²) in [4.78, 5) is 27.8. The molecule has 0 aromatic heterocycles. The van der Waals surface area contributed by atoms with E-state index >= 15 is 0 Å². The summed E-state index contributed by atoms with van der Waals surface area (Å²) < 4.78 is 10.8. The summed E-state index contributed by atoms with van der Waals surface area (Å²) >= 11 is 0. The summed E-state index contributed by atoms with van der Waals surface area (Å²) in [5.74, 6) is -0.383. The number of carbonyl (C=O) groups excluding carboxylic acids is 2. The average molecular weight is 492 g/mol. The summed E-state index contributed by atoms with van der Waals surface area (Å²) in [5, 5.41) is 17.0. The molecule has 1 aromatic carbocycles. The molecule has 3 N–H and O–H groups in total. The Balaban J connectivity index is 1.96. The van der Waals surface area contributed by atoms with Crippen LogP contribution in [0.3, 0.4) is 0 Å². The highest BCUT2D eigenvalue weighted by atomic mass is 16.6. The zero-order valence-corrected chi connectivity index (χ0v) is 22.1. The molecule has 1 aliphatic heterocycles. The van der Waals surface area contributed by atoms with Crippen molar-refractivity contribution in [2.24, 2.45) is 11.8 Å². The lowest BCUT2D eigenvalue weighted by Gasteiger charge is -2.30. The van der Waals surface area contributed by atoms with Gasteiger partial charge in [-0.2, -0.15) is 0 Å². The highest BCUT2D eigenvalue weighted by Gasteiger charge is 2.31. The first-order valence-corrected chi connectivity index (χ1v) is 12.8. The average Bonchev–Trinajstić information content (AvgIpc) is 2.79. The molecule has 35 heavy (non-hydrogen) atoms. The smallest absolute Gasteiger partial charge is 0.407 e. The SMILES string of the molecule is CC(C)[C@H](C[C@H](O)[C@H](Cc1ccccc1)NC(=O)OC(C)(C)C)C(=O)NCCCN1CCOCC1. The van der Waals surface area contributed by atoms with Gasteiger partial charge in [0.25, 0.3) is 0 Å². The van der Waals surface area contributed by atoms with E-state index in [0.717, 1.165) is 44.8 Å². The molecule has 0 aliphatic carbocycles. The van der Waals surface area contributed by atoms with Gasteiger partial charge >= 0.3 is 6.09 Å². The fourth-order valence-corrected chi connectivity index (χ4v) is 4.19. The number of alkyl carbamates (subject to hydrolysis) is 1. The van der Waals surface area contributed by atoms with Gasteiger partial charge in [0.15, 0.2) is 0 Å². The van der Waals surface area contributed by atoms with Crippen LogP contribution in [0.2, 0.25) is 0 Å². The molecular weight excluding hydrogens is 446 g/mol. The molecule has 0 radical (unpaired) electrons. The number of rotatable bonds is 12. The molecule has 1 heterocycles. The van der Waals surface area contributed by atoms with E-state index in [9.17, 15) is 14.7 Å². The van der Waals surface area contributed by atoms with Crippen LogP contribution in [-0.4, -0.2) is 79.1 Å². The Hall–Kier alpha value is -2.16. The molecule has 0 unspecified atom stereocenters. The van der Waals surface area contributed by atoms with E-state index in [0.29, 0.717) is 13.0 Å². The van der Waals surface area contributed by atoms with Gasteiger partial charge in [0, 0.05) is 25.6 Å². The summed E-state index contributed by atoms with van der Waals surface area (Å²) in [6, 6.07) is 9.10. The van der Waals surface area contributed by atoms with Crippen LogP contribution in [0.25, 0.3) is 0 Å². The Kier molecular flexibility index (Phi) is 12.0. The van der Waals surface area contributed by atoms with Crippen LogP contribution in [0.15, 0.2) is 30.3 Å². The number of benzene rings is 1. The van der Waals surface area contributed by atoms with Gasteiger partial charge in [0.2, 0.25) is 5.91 Å². The maximum Gasteiger partial charge on any atom is 0.407 e. The maximum atomic E-state index is 13.0. The molecule has 0 spiro atoms. The van der Waals surface area contributed by atoms with Crippen LogP contribution < -0.4 is 10.6 Å². The predicted octanol–water partition coefficient (Wildman–Crippen LogP) is 2.98. The van der Waals surface area contributed by atoms with Gasteiger partial charge in [-0.05, 0) is 58.1 Å². The third-order valence-electron chi connectivity index (χ3n) is 6.16. The number of aliphatic hydroxyl groups is 1. The number of nitrogens with one attached hydrogen (secondary N) is 2. The van der Waals surface area contributed by atoms with Crippen molar-refractivity contribution in [1.82, 2.24) is 15.5 Å². The van der Waals surface area contributed by atoms with E-state index in [4.69, 9.17) is 9.47 Å². The molecule has 2 rings (SSSR count). The fourth-order valence-electron chi connectivity index (χ4n) is 4.19. The van der Waals surface area contributed by atoms with Gasteiger partial charge in [0.05, 0.1) is 25.4 Å². The molecule has 198 valence electrons. The zero-order valence-electron chi connectivity index (χ0n) is 22.1. The number of hydrogen-bond acceptors (Lipinski definition) is 6. The Morgan fingerprint density at radius 3 is 2.40 bits per heavy atom. The second kappa shape index (κ2) is 14.4. The minimum atomic E-state index is -0.908. The van der Waals surface area contributed by atoms with Gasteiger partial charge < -0.3 is 25.2 Å². The van der Waals surface area contributed by atoms with Crippen molar-refractivity contribution in [3.05, 3.63) is 35.9 Å². The lowest BCUT2D eigenvalue weighted by molar-refractivity contribution is -0.127. The highest BCUT2D eigenvalue weighted by Crippen LogP contribution is 2.21. The van der Waals surface area contributed by atoms with Crippen molar-refractivity contribution in [2.75, 3.05) is 39.4 Å². The van der Waals surface area contributed by atoms with E-state index in [1.54, 1.807) is 20.8 Å². The highest BCUT2D eigenvalue weighted by molar-refractivity contribution is 5.78. The molecular formula is C27H45N3O5. The molecule has 0 bridgehead atoms. The third kappa shape index (κ3) is 11.4. The summed E-state index contributed by atoms with van der Waals surface area (Å²) in [6.45, 7) is 14.3. The molecule has 1 saturated heterocycles. The molecule has 1 aromatic rings. The number of carbonyl (C=O) groups is 2. The second-order valence-electron chi connectivity index (χ2n) is 10.7. The van der Waals surface area contributed by atoms with Crippen molar-refractivity contribution in [1.29, 1.82) is 0 Å². The fraction of sp³-hybridized carbons (Fsp3) is 0.704. The molecule has 1 aliphatic rings. The summed E-state index contributed by atoms with van der Waals surface area (Å²) in [6.07, 6.45) is 0.0732. The van der Waals surface area contributed by atoms with Gasteiger partial charge in [-0.3, -0.25) is 9.69 Å². The van der Waals surface area contributed by atoms with Crippen molar-refractivity contribution in [2.45, 2.75) is 71.6 Å². The minimum absolute atomic E-state index is 0.0443. The first-order chi connectivity index (χ1) is 16.5. The van der Waals surface area contributed by atoms with Crippen molar-refractivity contribution < 1.29 is 24.2 Å². The molecule has 8 nitrogen and oxygen atoms in total. The molecule has 2 amide bonds. The summed E-state index contributed by atoms with van der Waals surface area (Å²) in [7, 11) is 0. The first-order valence-electron chi connectivity index (χ1n) is 12.8. The maximum absolute atomic E-state index is 13.0. The minimum Gasteiger partial charge on any atom is -0.444 e. The second-order valence-corrected chi connectivity index (χ2v) is 10.7. The Labute approximate surface area is 210 Å². The zero-order chi connectivity index (χ0) is 25.8. The van der Waals surface area contributed by atoms with Crippen LogP contribution in [-0.2, 0) is 20.7 Å². The normalized spacial score (nSPS) is 17.5. The molecule has 3 atom stereocenters. The van der Waals surface area contributed by atoms with E-state index in [1.807, 2.05) is 44.2 Å². The van der Waals surface area contributed by atoms with Crippen molar-refractivity contribution >= 4 is 12.0 Å².